The third-order valence-electron chi connectivity index (χ3n) is 12.5. The number of allylic oxidation sites excluding steroid dienone is 4. The fraction of sp³-hybridized carbons (Fsp3) is 0.750. The van der Waals surface area contributed by atoms with E-state index in [-0.39, 0.29) is 57.1 Å². The highest BCUT2D eigenvalue weighted by Crippen LogP contribution is 2.74. The first-order valence-corrected chi connectivity index (χ1v) is 14.1. The van der Waals surface area contributed by atoms with Crippen molar-refractivity contribution in [2.24, 2.45) is 50.2 Å². The summed E-state index contributed by atoms with van der Waals surface area (Å²) in [6, 6.07) is 2.17. The maximum Gasteiger partial charge on any atom is 0.312 e. The van der Waals surface area contributed by atoms with Crippen LogP contribution in [0.3, 0.4) is 0 Å². The molecule has 0 radical (unpaired) electrons. The molecule has 0 aromatic heterocycles. The van der Waals surface area contributed by atoms with Gasteiger partial charge in [0, 0.05) is 16.7 Å². The Labute approximate surface area is 222 Å². The molecule has 0 unspecified atom stereocenters. The van der Waals surface area contributed by atoms with Gasteiger partial charge in [0.25, 0.3) is 0 Å². The Morgan fingerprint density at radius 2 is 1.65 bits per heavy atom. The molecule has 37 heavy (non-hydrogen) atoms. The lowest BCUT2D eigenvalue weighted by molar-refractivity contribution is -0.191. The van der Waals surface area contributed by atoms with Crippen LogP contribution in [0.4, 0.5) is 0 Å². The molecule has 3 fully saturated rings. The molecule has 0 N–H and O–H groups in total. The lowest BCUT2D eigenvalue weighted by Crippen LogP contribution is -2.65. The molecule has 0 saturated heterocycles. The van der Waals surface area contributed by atoms with Gasteiger partial charge in [-0.25, -0.2) is 0 Å². The van der Waals surface area contributed by atoms with Crippen LogP contribution in [0.5, 0.6) is 0 Å². The van der Waals surface area contributed by atoms with E-state index in [0.29, 0.717) is 0 Å². The summed E-state index contributed by atoms with van der Waals surface area (Å²) in [7, 11) is 1.48. The molecule has 0 amide bonds. The summed E-state index contributed by atoms with van der Waals surface area (Å²) in [5, 5.41) is 9.86. The molecular weight excluding hydrogens is 462 g/mol. The summed E-state index contributed by atoms with van der Waals surface area (Å²) in [4.78, 5) is 40.9. The summed E-state index contributed by atoms with van der Waals surface area (Å²) in [5.74, 6) is -0.376. The highest BCUT2D eigenvalue weighted by Gasteiger charge is 2.71. The van der Waals surface area contributed by atoms with E-state index >= 15 is 0 Å². The number of hydrogen-bond acceptors (Lipinski definition) is 5. The number of methoxy groups -OCH3 is 1. The molecule has 0 aliphatic heterocycles. The van der Waals surface area contributed by atoms with Gasteiger partial charge < -0.3 is 4.74 Å². The number of Topliss-reactive ketones (excluding diaryl/α,β-unsaturated/α-hetero) is 1. The minimum Gasteiger partial charge on any atom is -0.469 e. The van der Waals surface area contributed by atoms with Crippen LogP contribution >= 0.6 is 0 Å². The van der Waals surface area contributed by atoms with Crippen LogP contribution in [0.25, 0.3) is 0 Å². The first-order valence-electron chi connectivity index (χ1n) is 14.1. The highest BCUT2D eigenvalue weighted by atomic mass is 16.5. The summed E-state index contributed by atoms with van der Waals surface area (Å²) < 4.78 is 5.41. The number of ether oxygens (including phenoxy) is 1. The van der Waals surface area contributed by atoms with E-state index in [1.54, 1.807) is 0 Å². The molecule has 5 nitrogen and oxygen atoms in total. The number of nitriles is 1. The first kappa shape index (κ1) is 26.4. The lowest BCUT2D eigenvalue weighted by Gasteiger charge is -2.68. The van der Waals surface area contributed by atoms with Crippen molar-refractivity contribution >= 4 is 17.5 Å². The van der Waals surface area contributed by atoms with E-state index in [0.717, 1.165) is 50.5 Å². The Kier molecular flexibility index (Phi) is 5.47. The smallest absolute Gasteiger partial charge is 0.312 e. The Morgan fingerprint density at radius 1 is 1.00 bits per heavy atom. The van der Waals surface area contributed by atoms with Crippen molar-refractivity contribution in [2.75, 3.05) is 7.11 Å². The standard InChI is InChI=1S/C32H43NO4/c1-27(2)11-13-32(26(36)37-8)14-12-31(7)24(20(32)17-27)21(34)15-23-29(5)16-19(18-33)25(35)28(3,4)22(29)9-10-30(23,31)6/h15-16,20,22,24H,9-14,17H2,1-8H3/t20-,22+,24-,29+,30-,31-,32+/m1/s1. The number of nitrogens with zero attached hydrogens (tertiary/aromatic N) is 1. The van der Waals surface area contributed by atoms with Crippen LogP contribution in [0, 0.1) is 61.6 Å². The van der Waals surface area contributed by atoms with E-state index in [4.69, 9.17) is 4.74 Å². The van der Waals surface area contributed by atoms with Crippen LogP contribution in [0.1, 0.15) is 93.4 Å². The van der Waals surface area contributed by atoms with Crippen molar-refractivity contribution in [2.45, 2.75) is 93.4 Å². The number of rotatable bonds is 1. The number of ketones is 2. The topological polar surface area (TPSA) is 84.2 Å². The number of fused-ring (bicyclic) bond motifs is 7. The predicted molar refractivity (Wildman–Crippen MR) is 141 cm³/mol. The van der Waals surface area contributed by atoms with Crippen LogP contribution in [0.15, 0.2) is 23.3 Å². The van der Waals surface area contributed by atoms with Crippen molar-refractivity contribution in [3.63, 3.8) is 0 Å². The second-order valence-electron chi connectivity index (χ2n) is 14.9. The molecule has 5 rings (SSSR count). The van der Waals surface area contributed by atoms with Gasteiger partial charge in [-0.15, -0.1) is 0 Å². The van der Waals surface area contributed by atoms with E-state index in [9.17, 15) is 19.6 Å². The molecule has 5 heteroatoms. The summed E-state index contributed by atoms with van der Waals surface area (Å²) in [5.41, 5.74) is -1.02. The number of carbonyl (C=O) groups excluding carboxylic acids is 3. The zero-order valence-corrected chi connectivity index (χ0v) is 23.9. The second-order valence-corrected chi connectivity index (χ2v) is 14.9. The van der Waals surface area contributed by atoms with Gasteiger partial charge in [0.15, 0.2) is 11.6 Å². The molecule has 0 bridgehead atoms. The summed E-state index contributed by atoms with van der Waals surface area (Å²) >= 11 is 0. The Hall–Kier alpha value is -2.22. The maximum absolute atomic E-state index is 14.4. The predicted octanol–water partition coefficient (Wildman–Crippen LogP) is 6.38. The van der Waals surface area contributed by atoms with Gasteiger partial charge in [-0.3, -0.25) is 14.4 Å². The average molecular weight is 506 g/mol. The van der Waals surface area contributed by atoms with Crippen molar-refractivity contribution in [1.29, 1.82) is 5.26 Å². The normalized spacial score (nSPS) is 45.6. The fourth-order valence-corrected chi connectivity index (χ4v) is 10.2. The van der Waals surface area contributed by atoms with E-state index in [1.165, 1.54) is 7.11 Å². The molecule has 5 aliphatic rings. The van der Waals surface area contributed by atoms with Crippen LogP contribution in [0.2, 0.25) is 0 Å². The van der Waals surface area contributed by atoms with Crippen molar-refractivity contribution < 1.29 is 19.1 Å². The summed E-state index contributed by atoms with van der Waals surface area (Å²) in [6.07, 6.45) is 9.65. The molecule has 7 atom stereocenters. The van der Waals surface area contributed by atoms with Crippen molar-refractivity contribution in [1.82, 2.24) is 0 Å². The zero-order valence-electron chi connectivity index (χ0n) is 23.9. The highest BCUT2D eigenvalue weighted by molar-refractivity contribution is 6.04. The van der Waals surface area contributed by atoms with Crippen LogP contribution in [-0.4, -0.2) is 24.6 Å². The minimum absolute atomic E-state index is 0.0308. The second kappa shape index (κ2) is 7.67. The number of carbonyl (C=O) groups is 3. The van der Waals surface area contributed by atoms with Gasteiger partial charge in [-0.05, 0) is 79.1 Å². The number of esters is 1. The van der Waals surface area contributed by atoms with Gasteiger partial charge in [-0.2, -0.15) is 5.26 Å². The van der Waals surface area contributed by atoms with Gasteiger partial charge in [-0.1, -0.05) is 60.1 Å². The van der Waals surface area contributed by atoms with Gasteiger partial charge in [0.1, 0.15) is 6.07 Å². The fourth-order valence-electron chi connectivity index (χ4n) is 10.2. The molecule has 200 valence electrons. The van der Waals surface area contributed by atoms with Crippen molar-refractivity contribution in [3.05, 3.63) is 23.3 Å². The average Bonchev–Trinajstić information content (AvgIpc) is 2.82. The van der Waals surface area contributed by atoms with E-state index in [2.05, 4.69) is 40.7 Å². The number of hydrogen-bond donors (Lipinski definition) is 0. The quantitative estimate of drug-likeness (QED) is 0.386. The van der Waals surface area contributed by atoms with Gasteiger partial charge in [0.05, 0.1) is 18.1 Å². The Morgan fingerprint density at radius 3 is 2.27 bits per heavy atom. The molecule has 5 aliphatic carbocycles. The molecule has 0 aromatic carbocycles. The molecular formula is C32H43NO4. The maximum atomic E-state index is 14.4. The monoisotopic (exact) mass is 505 g/mol. The van der Waals surface area contributed by atoms with Crippen molar-refractivity contribution in [3.8, 4) is 6.07 Å². The zero-order chi connectivity index (χ0) is 27.4. The van der Waals surface area contributed by atoms with Crippen LogP contribution in [-0.2, 0) is 19.1 Å². The minimum atomic E-state index is -0.669. The van der Waals surface area contributed by atoms with Crippen LogP contribution < -0.4 is 0 Å². The largest absolute Gasteiger partial charge is 0.469 e. The summed E-state index contributed by atoms with van der Waals surface area (Å²) in [6.45, 7) is 15.2. The lowest BCUT2D eigenvalue weighted by atomic mass is 9.34. The molecule has 0 heterocycles. The van der Waals surface area contributed by atoms with Gasteiger partial charge in [0.2, 0.25) is 0 Å². The van der Waals surface area contributed by atoms with Gasteiger partial charge >= 0.3 is 5.97 Å². The molecule has 0 spiro atoms. The third kappa shape index (κ3) is 3.11. The Balaban J connectivity index is 1.71. The van der Waals surface area contributed by atoms with E-state index in [1.807, 2.05) is 26.0 Å². The van der Waals surface area contributed by atoms with E-state index < -0.39 is 16.2 Å². The third-order valence-corrected chi connectivity index (χ3v) is 12.5. The molecule has 3 saturated carbocycles. The Bertz CT molecular complexity index is 1200. The SMILES string of the molecule is COC(=O)[C@]12CCC(C)(C)C[C@@H]1[C@@H]1C(=O)C=C3[C@@]4(C)C=C(C#N)C(=O)C(C)(C)[C@@H]4CC[C@@]3(C)[C@]1(C)CC2. The molecule has 0 aromatic rings. The first-order chi connectivity index (χ1) is 17.0.